The van der Waals surface area contributed by atoms with Crippen LogP contribution in [-0.4, -0.2) is 6.61 Å². The molecule has 0 saturated heterocycles. The quantitative estimate of drug-likeness (QED) is 0.215. The first kappa shape index (κ1) is 24.8. The molecule has 0 unspecified atom stereocenters. The minimum absolute atomic E-state index is 0.0149. The standard InChI is InChI=1S/C29H16F6O/c1-2-11-36-20-15-27(33)23(28(34)16-20)9-5-18-13-25(31)22(26(32)14-18)8-4-17-3-7-21-19(12-17)6-10-24(30)29(21)35/h3,6-7,10,12-16H,2,11H2,1H3. The van der Waals surface area contributed by atoms with Gasteiger partial charge in [-0.05, 0) is 42.1 Å². The molecule has 0 aliphatic carbocycles. The number of ether oxygens (including phenoxy) is 1. The molecule has 0 aliphatic heterocycles. The highest BCUT2D eigenvalue weighted by Crippen LogP contribution is 2.23. The van der Waals surface area contributed by atoms with E-state index in [-0.39, 0.29) is 23.3 Å². The van der Waals surface area contributed by atoms with Gasteiger partial charge < -0.3 is 4.74 Å². The third-order valence-electron chi connectivity index (χ3n) is 5.10. The maximum absolute atomic E-state index is 14.6. The first-order chi connectivity index (χ1) is 17.3. The first-order valence-corrected chi connectivity index (χ1v) is 10.8. The first-order valence-electron chi connectivity index (χ1n) is 10.8. The molecule has 0 aliphatic rings. The van der Waals surface area contributed by atoms with Crippen LogP contribution in [0.25, 0.3) is 10.8 Å². The highest BCUT2D eigenvalue weighted by atomic mass is 19.2. The van der Waals surface area contributed by atoms with Crippen molar-refractivity contribution in [1.29, 1.82) is 0 Å². The maximum Gasteiger partial charge on any atom is 0.166 e. The Hall–Kier alpha value is -4.36. The lowest BCUT2D eigenvalue weighted by Gasteiger charge is -2.06. The molecule has 7 heteroatoms. The monoisotopic (exact) mass is 494 g/mol. The molecule has 4 aromatic carbocycles. The normalized spacial score (nSPS) is 10.4. The molecule has 0 fully saturated rings. The molecule has 0 atom stereocenters. The van der Waals surface area contributed by atoms with Gasteiger partial charge in [-0.15, -0.1) is 0 Å². The molecular formula is C29H16F6O. The third kappa shape index (κ3) is 5.31. The fourth-order valence-electron chi connectivity index (χ4n) is 3.35. The molecule has 0 heterocycles. The lowest BCUT2D eigenvalue weighted by molar-refractivity contribution is 0.313. The molecular weight excluding hydrogens is 478 g/mol. The maximum atomic E-state index is 14.6. The number of fused-ring (bicyclic) bond motifs is 1. The average molecular weight is 494 g/mol. The van der Waals surface area contributed by atoms with Crippen LogP contribution in [0.2, 0.25) is 0 Å². The fraction of sp³-hybridized carbons (Fsp3) is 0.103. The summed E-state index contributed by atoms with van der Waals surface area (Å²) >= 11 is 0. The SMILES string of the molecule is CCCOc1cc(F)c(C#Cc2cc(F)c(C#Cc3ccc4c(F)c(F)ccc4c3)c(F)c2)c(F)c1. The second-order valence-electron chi connectivity index (χ2n) is 7.72. The zero-order chi connectivity index (χ0) is 25.8. The summed E-state index contributed by atoms with van der Waals surface area (Å²) in [5.74, 6) is 3.63. The van der Waals surface area contributed by atoms with Gasteiger partial charge in [0, 0.05) is 28.6 Å². The lowest BCUT2D eigenvalue weighted by atomic mass is 10.1. The highest BCUT2D eigenvalue weighted by molar-refractivity contribution is 5.84. The van der Waals surface area contributed by atoms with Gasteiger partial charge in [0.1, 0.15) is 29.0 Å². The van der Waals surface area contributed by atoms with Gasteiger partial charge in [-0.1, -0.05) is 42.7 Å². The molecule has 0 N–H and O–H groups in total. The van der Waals surface area contributed by atoms with Crippen LogP contribution in [-0.2, 0) is 0 Å². The molecule has 0 amide bonds. The van der Waals surface area contributed by atoms with Gasteiger partial charge in [0.15, 0.2) is 11.6 Å². The van der Waals surface area contributed by atoms with E-state index in [1.54, 1.807) is 0 Å². The van der Waals surface area contributed by atoms with E-state index < -0.39 is 46.0 Å². The van der Waals surface area contributed by atoms with Crippen LogP contribution in [0.3, 0.4) is 0 Å². The second-order valence-corrected chi connectivity index (χ2v) is 7.72. The van der Waals surface area contributed by atoms with Crippen molar-refractivity contribution < 1.29 is 31.1 Å². The summed E-state index contributed by atoms with van der Waals surface area (Å²) in [4.78, 5) is 0. The number of benzene rings is 4. The van der Waals surface area contributed by atoms with E-state index in [4.69, 9.17) is 4.74 Å². The molecule has 0 saturated carbocycles. The summed E-state index contributed by atoms with van der Waals surface area (Å²) in [6.07, 6.45) is 0.658. The van der Waals surface area contributed by atoms with Crippen molar-refractivity contribution in [2.75, 3.05) is 6.61 Å². The Morgan fingerprint density at radius 1 is 0.611 bits per heavy atom. The zero-order valence-corrected chi connectivity index (χ0v) is 18.8. The summed E-state index contributed by atoms with van der Waals surface area (Å²) in [6.45, 7) is 2.13. The molecule has 0 spiro atoms. The van der Waals surface area contributed by atoms with Crippen molar-refractivity contribution in [2.45, 2.75) is 13.3 Å². The second kappa shape index (κ2) is 10.5. The van der Waals surface area contributed by atoms with Crippen molar-refractivity contribution in [3.8, 4) is 29.4 Å². The predicted octanol–water partition coefficient (Wildman–Crippen LogP) is 7.26. The van der Waals surface area contributed by atoms with Crippen LogP contribution in [0.1, 0.15) is 35.6 Å². The van der Waals surface area contributed by atoms with Gasteiger partial charge in [-0.2, -0.15) is 0 Å². The van der Waals surface area contributed by atoms with Crippen molar-refractivity contribution in [2.24, 2.45) is 0 Å². The summed E-state index contributed by atoms with van der Waals surface area (Å²) in [5.41, 5.74) is -0.922. The van der Waals surface area contributed by atoms with E-state index in [0.29, 0.717) is 17.4 Å². The van der Waals surface area contributed by atoms with Gasteiger partial charge >= 0.3 is 0 Å². The van der Waals surface area contributed by atoms with E-state index in [0.717, 1.165) is 30.3 Å². The van der Waals surface area contributed by atoms with Crippen LogP contribution in [0.5, 0.6) is 5.75 Å². The van der Waals surface area contributed by atoms with Gasteiger partial charge in [-0.25, -0.2) is 26.3 Å². The van der Waals surface area contributed by atoms with Crippen LogP contribution in [0.4, 0.5) is 26.3 Å². The van der Waals surface area contributed by atoms with E-state index in [1.807, 2.05) is 6.92 Å². The number of rotatable bonds is 3. The van der Waals surface area contributed by atoms with Crippen LogP contribution in [0, 0.1) is 58.6 Å². The van der Waals surface area contributed by atoms with Crippen LogP contribution >= 0.6 is 0 Å². The summed E-state index contributed by atoms with van der Waals surface area (Å²) in [7, 11) is 0. The van der Waals surface area contributed by atoms with Crippen LogP contribution in [0.15, 0.2) is 54.6 Å². The Bertz CT molecular complexity index is 1560. The van der Waals surface area contributed by atoms with E-state index in [1.165, 1.54) is 24.3 Å². The topological polar surface area (TPSA) is 9.23 Å². The minimum atomic E-state index is -1.02. The van der Waals surface area contributed by atoms with Crippen LogP contribution < -0.4 is 4.74 Å². The molecule has 1 nitrogen and oxygen atoms in total. The van der Waals surface area contributed by atoms with E-state index >= 15 is 0 Å². The largest absolute Gasteiger partial charge is 0.493 e. The molecule has 4 rings (SSSR count). The Labute approximate surface area is 203 Å². The van der Waals surface area contributed by atoms with Gasteiger partial charge in [0.2, 0.25) is 0 Å². The molecule has 0 aromatic heterocycles. The Kier molecular flexibility index (Phi) is 7.22. The number of halogens is 6. The third-order valence-corrected chi connectivity index (χ3v) is 5.10. The summed E-state index contributed by atoms with van der Waals surface area (Å²) < 4.78 is 90.0. The van der Waals surface area contributed by atoms with Crippen molar-refractivity contribution in [3.63, 3.8) is 0 Å². The summed E-state index contributed by atoms with van der Waals surface area (Å²) in [6, 6.07) is 10.3. The van der Waals surface area contributed by atoms with Gasteiger partial charge in [0.25, 0.3) is 0 Å². The fourth-order valence-corrected chi connectivity index (χ4v) is 3.35. The molecule has 0 radical (unpaired) electrons. The molecule has 0 bridgehead atoms. The Balaban J connectivity index is 1.61. The predicted molar refractivity (Wildman–Crippen MR) is 124 cm³/mol. The lowest BCUT2D eigenvalue weighted by Crippen LogP contribution is -1.98. The van der Waals surface area contributed by atoms with E-state index in [2.05, 4.69) is 23.7 Å². The van der Waals surface area contributed by atoms with E-state index in [9.17, 15) is 26.3 Å². The van der Waals surface area contributed by atoms with Crippen molar-refractivity contribution in [1.82, 2.24) is 0 Å². The number of hydrogen-bond acceptors (Lipinski definition) is 1. The van der Waals surface area contributed by atoms with Gasteiger partial charge in [-0.3, -0.25) is 0 Å². The smallest absolute Gasteiger partial charge is 0.166 e. The Morgan fingerprint density at radius 3 is 1.81 bits per heavy atom. The van der Waals surface area contributed by atoms with Crippen molar-refractivity contribution >= 4 is 10.8 Å². The molecule has 36 heavy (non-hydrogen) atoms. The van der Waals surface area contributed by atoms with Crippen molar-refractivity contribution in [3.05, 3.63) is 112 Å². The summed E-state index contributed by atoms with van der Waals surface area (Å²) in [5, 5.41) is 0.425. The molecule has 4 aromatic rings. The average Bonchev–Trinajstić information content (AvgIpc) is 2.84. The van der Waals surface area contributed by atoms with Gasteiger partial charge in [0.05, 0.1) is 17.7 Å². The zero-order valence-electron chi connectivity index (χ0n) is 18.8. The Morgan fingerprint density at radius 2 is 1.19 bits per heavy atom. The molecule has 180 valence electrons. The highest BCUT2D eigenvalue weighted by Gasteiger charge is 2.12. The minimum Gasteiger partial charge on any atom is -0.493 e. The number of hydrogen-bond donors (Lipinski definition) is 0.